The predicted molar refractivity (Wildman–Crippen MR) is 69.2 cm³/mol. The minimum atomic E-state index is 0. The van der Waals surface area contributed by atoms with Gasteiger partial charge in [0.05, 0.1) is 27.7 Å². The Bertz CT molecular complexity index is 224. The first-order valence-corrected chi connectivity index (χ1v) is 6.05. The van der Waals surface area contributed by atoms with Crippen molar-refractivity contribution in [2.75, 3.05) is 41.3 Å². The van der Waals surface area contributed by atoms with E-state index in [9.17, 15) is 4.79 Å². The SMILES string of the molecule is C=CC(=O)N(C)CCCCCC[N+](C)(C)C.[Cl-]. The maximum absolute atomic E-state index is 11.2. The highest BCUT2D eigenvalue weighted by atomic mass is 35.5. The van der Waals surface area contributed by atoms with Gasteiger partial charge >= 0.3 is 0 Å². The van der Waals surface area contributed by atoms with Crippen molar-refractivity contribution in [3.8, 4) is 0 Å². The fourth-order valence-electron chi connectivity index (χ4n) is 1.55. The van der Waals surface area contributed by atoms with Gasteiger partial charge in [-0.05, 0) is 25.3 Å². The zero-order chi connectivity index (χ0) is 12.6. The van der Waals surface area contributed by atoms with Gasteiger partial charge in [0.2, 0.25) is 5.91 Å². The van der Waals surface area contributed by atoms with Crippen LogP contribution in [0.25, 0.3) is 0 Å². The lowest BCUT2D eigenvalue weighted by Gasteiger charge is -2.23. The minimum absolute atomic E-state index is 0. The standard InChI is InChI=1S/C13H27N2O.ClH/c1-6-13(16)14(2)11-9-7-8-10-12-15(3,4)5;/h6H,1,7-12H2,2-5H3;1H/q+1;/p-1. The molecule has 0 aliphatic heterocycles. The summed E-state index contributed by atoms with van der Waals surface area (Å²) in [5.74, 6) is 0.0198. The van der Waals surface area contributed by atoms with E-state index >= 15 is 0 Å². The summed E-state index contributed by atoms with van der Waals surface area (Å²) in [6, 6.07) is 0. The van der Waals surface area contributed by atoms with Gasteiger partial charge in [0.15, 0.2) is 0 Å². The molecule has 0 rings (SSSR count). The quantitative estimate of drug-likeness (QED) is 0.309. The Kier molecular flexibility index (Phi) is 10.5. The Morgan fingerprint density at radius 2 is 1.71 bits per heavy atom. The van der Waals surface area contributed by atoms with Crippen LogP contribution < -0.4 is 12.4 Å². The van der Waals surface area contributed by atoms with Crippen molar-refractivity contribution in [2.24, 2.45) is 0 Å². The van der Waals surface area contributed by atoms with E-state index in [0.29, 0.717) is 0 Å². The zero-order valence-corrected chi connectivity index (χ0v) is 12.5. The van der Waals surface area contributed by atoms with Crippen molar-refractivity contribution in [2.45, 2.75) is 25.7 Å². The first kappa shape index (κ1) is 18.8. The molecule has 4 heteroatoms. The molecule has 0 radical (unpaired) electrons. The molecule has 0 aliphatic rings. The van der Waals surface area contributed by atoms with Crippen LogP contribution in [0.4, 0.5) is 0 Å². The van der Waals surface area contributed by atoms with Gasteiger partial charge in [0.1, 0.15) is 0 Å². The number of hydrogen-bond donors (Lipinski definition) is 0. The maximum atomic E-state index is 11.2. The topological polar surface area (TPSA) is 20.3 Å². The molecule has 0 aromatic heterocycles. The molecule has 0 aromatic carbocycles. The van der Waals surface area contributed by atoms with Crippen LogP contribution in [0.1, 0.15) is 25.7 Å². The molecular weight excluding hydrogens is 236 g/mol. The summed E-state index contributed by atoms with van der Waals surface area (Å²) >= 11 is 0. The molecule has 0 fully saturated rings. The van der Waals surface area contributed by atoms with Crippen LogP contribution >= 0.6 is 0 Å². The average Bonchev–Trinajstić information content (AvgIpc) is 2.20. The van der Waals surface area contributed by atoms with Crippen molar-refractivity contribution in [3.63, 3.8) is 0 Å². The number of likely N-dealkylation sites (N-methyl/N-ethyl adjacent to an activating group) is 1. The van der Waals surface area contributed by atoms with Gasteiger partial charge < -0.3 is 21.8 Å². The Morgan fingerprint density at radius 3 is 2.18 bits per heavy atom. The normalized spacial score (nSPS) is 10.6. The second kappa shape index (κ2) is 9.49. The van der Waals surface area contributed by atoms with Crippen molar-refractivity contribution in [3.05, 3.63) is 12.7 Å². The number of hydrogen-bond acceptors (Lipinski definition) is 1. The lowest BCUT2D eigenvalue weighted by molar-refractivity contribution is -0.870. The molecule has 0 aliphatic carbocycles. The molecule has 17 heavy (non-hydrogen) atoms. The molecule has 0 saturated heterocycles. The second-order valence-electron chi connectivity index (χ2n) is 5.39. The van der Waals surface area contributed by atoms with E-state index in [4.69, 9.17) is 0 Å². The molecule has 0 unspecified atom stereocenters. The molecule has 3 nitrogen and oxygen atoms in total. The van der Waals surface area contributed by atoms with Crippen LogP contribution in [0.2, 0.25) is 0 Å². The molecule has 0 atom stereocenters. The molecule has 0 bridgehead atoms. The van der Waals surface area contributed by atoms with E-state index in [2.05, 4.69) is 27.7 Å². The molecule has 0 saturated carbocycles. The van der Waals surface area contributed by atoms with Gasteiger partial charge in [0, 0.05) is 13.6 Å². The van der Waals surface area contributed by atoms with E-state index in [0.717, 1.165) is 17.4 Å². The fourth-order valence-corrected chi connectivity index (χ4v) is 1.55. The summed E-state index contributed by atoms with van der Waals surface area (Å²) in [5.41, 5.74) is 0. The lowest BCUT2D eigenvalue weighted by Crippen LogP contribution is -3.00. The van der Waals surface area contributed by atoms with Crippen molar-refractivity contribution >= 4 is 5.91 Å². The van der Waals surface area contributed by atoms with Crippen LogP contribution in [0.3, 0.4) is 0 Å². The zero-order valence-electron chi connectivity index (χ0n) is 11.7. The second-order valence-corrected chi connectivity index (χ2v) is 5.39. The van der Waals surface area contributed by atoms with E-state index in [1.807, 2.05) is 7.05 Å². The first-order valence-electron chi connectivity index (χ1n) is 6.05. The highest BCUT2D eigenvalue weighted by Crippen LogP contribution is 2.04. The summed E-state index contributed by atoms with van der Waals surface area (Å²) in [7, 11) is 8.49. The number of halogens is 1. The van der Waals surface area contributed by atoms with Crippen LogP contribution in [0.5, 0.6) is 0 Å². The number of amides is 1. The van der Waals surface area contributed by atoms with Crippen LogP contribution in [-0.4, -0.2) is 56.6 Å². The molecule has 1 amide bonds. The fraction of sp³-hybridized carbons (Fsp3) is 0.769. The van der Waals surface area contributed by atoms with Gasteiger partial charge in [-0.25, -0.2) is 0 Å². The summed E-state index contributed by atoms with van der Waals surface area (Å²) in [5, 5.41) is 0. The Hall–Kier alpha value is -0.540. The molecule has 0 N–H and O–H groups in total. The molecule has 0 aromatic rings. The number of nitrogens with zero attached hydrogens (tertiary/aromatic N) is 2. The average molecular weight is 263 g/mol. The summed E-state index contributed by atoms with van der Waals surface area (Å²) < 4.78 is 1.04. The summed E-state index contributed by atoms with van der Waals surface area (Å²) in [6.07, 6.45) is 6.19. The van der Waals surface area contributed by atoms with E-state index < -0.39 is 0 Å². The third-order valence-corrected chi connectivity index (χ3v) is 2.62. The lowest BCUT2D eigenvalue weighted by atomic mass is 10.2. The predicted octanol–water partition coefficient (Wildman–Crippen LogP) is -1.10. The first-order chi connectivity index (χ1) is 7.37. The monoisotopic (exact) mass is 262 g/mol. The van der Waals surface area contributed by atoms with Crippen molar-refractivity contribution in [1.29, 1.82) is 0 Å². The molecule has 102 valence electrons. The summed E-state index contributed by atoms with van der Waals surface area (Å²) in [6.45, 7) is 5.54. The highest BCUT2D eigenvalue weighted by molar-refractivity contribution is 5.86. The number of unbranched alkanes of at least 4 members (excludes halogenated alkanes) is 3. The van der Waals surface area contributed by atoms with E-state index in [1.54, 1.807) is 4.90 Å². The maximum Gasteiger partial charge on any atom is 0.245 e. The van der Waals surface area contributed by atoms with Crippen molar-refractivity contribution in [1.82, 2.24) is 4.90 Å². The Labute approximate surface area is 112 Å². The molecule has 0 heterocycles. The number of quaternary nitrogens is 1. The third kappa shape index (κ3) is 11.7. The van der Waals surface area contributed by atoms with Gasteiger partial charge in [-0.15, -0.1) is 0 Å². The van der Waals surface area contributed by atoms with Crippen LogP contribution in [0, 0.1) is 0 Å². The Balaban J connectivity index is 0. The number of carbonyl (C=O) groups excluding carboxylic acids is 1. The van der Waals surface area contributed by atoms with Crippen LogP contribution in [0.15, 0.2) is 12.7 Å². The number of carbonyl (C=O) groups is 1. The van der Waals surface area contributed by atoms with E-state index in [1.165, 1.54) is 31.9 Å². The van der Waals surface area contributed by atoms with E-state index in [-0.39, 0.29) is 18.3 Å². The molecule has 0 spiro atoms. The Morgan fingerprint density at radius 1 is 1.18 bits per heavy atom. The summed E-state index contributed by atoms with van der Waals surface area (Å²) in [4.78, 5) is 12.9. The van der Waals surface area contributed by atoms with Crippen LogP contribution in [-0.2, 0) is 4.79 Å². The largest absolute Gasteiger partial charge is 1.00 e. The smallest absolute Gasteiger partial charge is 0.245 e. The van der Waals surface area contributed by atoms with Crippen molar-refractivity contribution < 1.29 is 21.7 Å². The number of rotatable bonds is 8. The van der Waals surface area contributed by atoms with Gasteiger partial charge in [-0.1, -0.05) is 13.0 Å². The molecular formula is C13H27ClN2O. The van der Waals surface area contributed by atoms with Gasteiger partial charge in [-0.3, -0.25) is 4.79 Å². The minimum Gasteiger partial charge on any atom is -1.00 e. The van der Waals surface area contributed by atoms with Gasteiger partial charge in [0.25, 0.3) is 0 Å². The highest BCUT2D eigenvalue weighted by Gasteiger charge is 2.06. The third-order valence-electron chi connectivity index (χ3n) is 2.62. The van der Waals surface area contributed by atoms with Gasteiger partial charge in [-0.2, -0.15) is 0 Å².